The SMILES string of the molecule is NC1(C2(O)CCS(=O)(=O)C2)CC1. The molecule has 1 aliphatic heterocycles. The van der Waals surface area contributed by atoms with Gasteiger partial charge in [-0.25, -0.2) is 8.42 Å². The number of hydrogen-bond donors (Lipinski definition) is 2. The molecule has 1 saturated heterocycles. The minimum Gasteiger partial charge on any atom is -0.387 e. The van der Waals surface area contributed by atoms with Gasteiger partial charge in [-0.15, -0.1) is 0 Å². The van der Waals surface area contributed by atoms with Crippen molar-refractivity contribution >= 4 is 9.84 Å². The minimum absolute atomic E-state index is 0.0858. The van der Waals surface area contributed by atoms with Crippen molar-refractivity contribution in [3.63, 3.8) is 0 Å². The Morgan fingerprint density at radius 2 is 1.83 bits per heavy atom. The molecule has 0 aromatic heterocycles. The monoisotopic (exact) mass is 191 g/mol. The lowest BCUT2D eigenvalue weighted by atomic mass is 9.92. The zero-order valence-corrected chi connectivity index (χ0v) is 7.60. The first kappa shape index (κ1) is 8.47. The van der Waals surface area contributed by atoms with Gasteiger partial charge in [-0.2, -0.15) is 0 Å². The second-order valence-electron chi connectivity index (χ2n) is 4.03. The zero-order chi connectivity index (χ0) is 9.04. The normalized spacial score (nSPS) is 42.8. The Hall–Kier alpha value is -0.130. The summed E-state index contributed by atoms with van der Waals surface area (Å²) in [6.07, 6.45) is 1.81. The number of aliphatic hydroxyl groups is 1. The summed E-state index contributed by atoms with van der Waals surface area (Å²) in [6, 6.07) is 0. The average Bonchev–Trinajstić information content (AvgIpc) is 2.59. The van der Waals surface area contributed by atoms with Crippen LogP contribution >= 0.6 is 0 Å². The number of sulfone groups is 1. The molecule has 2 rings (SSSR count). The molecule has 3 N–H and O–H groups in total. The van der Waals surface area contributed by atoms with Gasteiger partial charge in [0.15, 0.2) is 9.84 Å². The van der Waals surface area contributed by atoms with Crippen molar-refractivity contribution < 1.29 is 13.5 Å². The smallest absolute Gasteiger partial charge is 0.153 e. The molecule has 1 saturated carbocycles. The molecule has 4 nitrogen and oxygen atoms in total. The van der Waals surface area contributed by atoms with E-state index >= 15 is 0 Å². The fourth-order valence-corrected chi connectivity index (χ4v) is 3.78. The summed E-state index contributed by atoms with van der Waals surface area (Å²) in [7, 11) is -3.03. The van der Waals surface area contributed by atoms with Crippen molar-refractivity contribution in [2.45, 2.75) is 30.4 Å². The summed E-state index contributed by atoms with van der Waals surface area (Å²) in [6.45, 7) is 0. The van der Waals surface area contributed by atoms with Crippen LogP contribution in [0, 0.1) is 0 Å². The molecule has 0 spiro atoms. The Morgan fingerprint density at radius 3 is 2.17 bits per heavy atom. The highest BCUT2D eigenvalue weighted by atomic mass is 32.2. The van der Waals surface area contributed by atoms with Crippen molar-refractivity contribution in [1.29, 1.82) is 0 Å². The maximum absolute atomic E-state index is 11.1. The van der Waals surface area contributed by atoms with Gasteiger partial charge < -0.3 is 10.8 Å². The lowest BCUT2D eigenvalue weighted by Gasteiger charge is -2.27. The molecular weight excluding hydrogens is 178 g/mol. The van der Waals surface area contributed by atoms with Gasteiger partial charge in [0.1, 0.15) is 0 Å². The highest BCUT2D eigenvalue weighted by molar-refractivity contribution is 7.91. The largest absolute Gasteiger partial charge is 0.387 e. The van der Waals surface area contributed by atoms with E-state index in [4.69, 9.17) is 5.73 Å². The Kier molecular flexibility index (Phi) is 1.43. The number of hydrogen-bond acceptors (Lipinski definition) is 4. The van der Waals surface area contributed by atoms with Crippen LogP contribution in [0.2, 0.25) is 0 Å². The van der Waals surface area contributed by atoms with Crippen LogP contribution in [-0.4, -0.2) is 36.2 Å². The number of nitrogens with two attached hydrogens (primary N) is 1. The van der Waals surface area contributed by atoms with Crippen LogP contribution in [0.15, 0.2) is 0 Å². The molecule has 0 aromatic rings. The lowest BCUT2D eigenvalue weighted by molar-refractivity contribution is 0.0298. The topological polar surface area (TPSA) is 80.4 Å². The minimum atomic E-state index is -3.03. The standard InChI is InChI=1S/C7H13NO3S/c8-6(1-2-6)7(9)3-4-12(10,11)5-7/h9H,1-5,8H2. The van der Waals surface area contributed by atoms with Crippen molar-refractivity contribution in [2.75, 3.05) is 11.5 Å². The molecule has 0 radical (unpaired) electrons. The zero-order valence-electron chi connectivity index (χ0n) is 6.78. The highest BCUT2D eigenvalue weighted by Gasteiger charge is 2.60. The van der Waals surface area contributed by atoms with Crippen LogP contribution in [0.5, 0.6) is 0 Å². The van der Waals surface area contributed by atoms with Crippen LogP contribution in [-0.2, 0) is 9.84 Å². The number of rotatable bonds is 1. The van der Waals surface area contributed by atoms with Gasteiger partial charge in [0.25, 0.3) is 0 Å². The van der Waals surface area contributed by atoms with Crippen LogP contribution in [0.25, 0.3) is 0 Å². The van der Waals surface area contributed by atoms with E-state index in [1.165, 1.54) is 0 Å². The summed E-state index contributed by atoms with van der Waals surface area (Å²) < 4.78 is 22.2. The molecule has 1 atom stereocenters. The fraction of sp³-hybridized carbons (Fsp3) is 1.00. The molecule has 1 heterocycles. The van der Waals surface area contributed by atoms with Crippen LogP contribution in [0.3, 0.4) is 0 Å². The van der Waals surface area contributed by atoms with E-state index in [9.17, 15) is 13.5 Å². The molecule has 5 heteroatoms. The van der Waals surface area contributed by atoms with E-state index in [2.05, 4.69) is 0 Å². The van der Waals surface area contributed by atoms with Crippen molar-refractivity contribution in [3.8, 4) is 0 Å². The Morgan fingerprint density at radius 1 is 1.25 bits per heavy atom. The molecule has 2 fully saturated rings. The lowest BCUT2D eigenvalue weighted by Crippen LogP contribution is -2.51. The average molecular weight is 191 g/mol. The van der Waals surface area contributed by atoms with E-state index in [0.29, 0.717) is 6.42 Å². The second-order valence-corrected chi connectivity index (χ2v) is 6.21. The molecule has 70 valence electrons. The quantitative estimate of drug-likeness (QED) is 0.558. The van der Waals surface area contributed by atoms with E-state index < -0.39 is 21.0 Å². The molecule has 12 heavy (non-hydrogen) atoms. The first-order chi connectivity index (χ1) is 5.37. The summed E-state index contributed by atoms with van der Waals surface area (Å²) >= 11 is 0. The maximum Gasteiger partial charge on any atom is 0.153 e. The third-order valence-corrected chi connectivity index (χ3v) is 4.74. The Labute approximate surface area is 71.7 Å². The molecule has 0 bridgehead atoms. The molecule has 1 aliphatic carbocycles. The van der Waals surface area contributed by atoms with Gasteiger partial charge >= 0.3 is 0 Å². The Bertz CT molecular complexity index is 307. The summed E-state index contributed by atoms with van der Waals surface area (Å²) in [4.78, 5) is 0. The second kappa shape index (κ2) is 2.02. The van der Waals surface area contributed by atoms with E-state index in [0.717, 1.165) is 12.8 Å². The molecule has 2 aliphatic rings. The van der Waals surface area contributed by atoms with Crippen LogP contribution in [0.4, 0.5) is 0 Å². The highest BCUT2D eigenvalue weighted by Crippen LogP contribution is 2.47. The summed E-state index contributed by atoms with van der Waals surface area (Å²) in [5.41, 5.74) is 4.06. The van der Waals surface area contributed by atoms with Crippen molar-refractivity contribution in [1.82, 2.24) is 0 Å². The molecule has 0 amide bonds. The first-order valence-corrected chi connectivity index (χ1v) is 5.91. The van der Waals surface area contributed by atoms with Crippen LogP contribution < -0.4 is 5.73 Å². The van der Waals surface area contributed by atoms with E-state index in [1.54, 1.807) is 0 Å². The molecule has 0 aromatic carbocycles. The summed E-state index contributed by atoms with van der Waals surface area (Å²) in [5.74, 6) is -0.0566. The summed E-state index contributed by atoms with van der Waals surface area (Å²) in [5, 5.41) is 9.92. The molecule has 1 unspecified atom stereocenters. The van der Waals surface area contributed by atoms with Gasteiger partial charge in [-0.1, -0.05) is 0 Å². The third-order valence-electron chi connectivity index (χ3n) is 3.00. The van der Waals surface area contributed by atoms with Crippen molar-refractivity contribution in [3.05, 3.63) is 0 Å². The van der Waals surface area contributed by atoms with E-state index in [-0.39, 0.29) is 11.5 Å². The van der Waals surface area contributed by atoms with Gasteiger partial charge in [-0.05, 0) is 19.3 Å². The predicted octanol–water partition coefficient (Wildman–Crippen LogP) is -0.973. The van der Waals surface area contributed by atoms with Gasteiger partial charge in [-0.3, -0.25) is 0 Å². The van der Waals surface area contributed by atoms with Gasteiger partial charge in [0.2, 0.25) is 0 Å². The Balaban J connectivity index is 2.26. The van der Waals surface area contributed by atoms with E-state index in [1.807, 2.05) is 0 Å². The van der Waals surface area contributed by atoms with Gasteiger partial charge in [0.05, 0.1) is 17.1 Å². The maximum atomic E-state index is 11.1. The predicted molar refractivity (Wildman–Crippen MR) is 44.4 cm³/mol. The molecular formula is C7H13NO3S. The first-order valence-electron chi connectivity index (χ1n) is 4.09. The third kappa shape index (κ3) is 1.08. The fourth-order valence-electron chi connectivity index (χ4n) is 1.83. The van der Waals surface area contributed by atoms with Crippen molar-refractivity contribution in [2.24, 2.45) is 5.73 Å². The van der Waals surface area contributed by atoms with Crippen LogP contribution in [0.1, 0.15) is 19.3 Å². The van der Waals surface area contributed by atoms with Gasteiger partial charge in [0, 0.05) is 5.54 Å².